The third-order valence-corrected chi connectivity index (χ3v) is 3.72. The molecule has 0 aromatic heterocycles. The summed E-state index contributed by atoms with van der Waals surface area (Å²) in [7, 11) is 1.54. The van der Waals surface area contributed by atoms with Crippen LogP contribution in [0.1, 0.15) is 43.0 Å². The molecule has 1 heterocycles. The van der Waals surface area contributed by atoms with E-state index in [0.29, 0.717) is 11.1 Å². The van der Waals surface area contributed by atoms with Crippen LogP contribution in [-0.4, -0.2) is 23.8 Å². The van der Waals surface area contributed by atoms with Crippen LogP contribution in [0.4, 0.5) is 0 Å². The van der Waals surface area contributed by atoms with Gasteiger partial charge < -0.3 is 0 Å². The molecule has 0 aliphatic carbocycles. The molecule has 1 aromatic carbocycles. The Kier molecular flexibility index (Phi) is 2.15. The van der Waals surface area contributed by atoms with E-state index in [1.165, 1.54) is 11.9 Å². The Labute approximate surface area is 95.1 Å². The zero-order chi connectivity index (χ0) is 12.2. The van der Waals surface area contributed by atoms with Crippen molar-refractivity contribution in [2.24, 2.45) is 0 Å². The first-order chi connectivity index (χ1) is 7.37. The minimum absolute atomic E-state index is 0.177. The quantitative estimate of drug-likeness (QED) is 0.624. The zero-order valence-corrected chi connectivity index (χ0v) is 10.3. The second-order valence-corrected chi connectivity index (χ2v) is 4.42. The van der Waals surface area contributed by atoms with Crippen molar-refractivity contribution >= 4 is 11.8 Å². The van der Waals surface area contributed by atoms with Gasteiger partial charge in [0, 0.05) is 7.05 Å². The standard InChI is InChI=1S/C13H15NO2/c1-6-7(2)9(4)11-10(8(6)3)12(15)14(5)13(11)16/h1-5H3. The van der Waals surface area contributed by atoms with Crippen molar-refractivity contribution in [2.45, 2.75) is 27.7 Å². The third-order valence-electron chi connectivity index (χ3n) is 3.72. The second-order valence-electron chi connectivity index (χ2n) is 4.42. The SMILES string of the molecule is Cc1c(C)c(C)c2c(c1C)C(=O)N(C)C2=O. The number of amides is 2. The number of imide groups is 1. The number of carbonyl (C=O) groups excluding carboxylic acids is 2. The molecule has 84 valence electrons. The normalized spacial score (nSPS) is 14.7. The van der Waals surface area contributed by atoms with Gasteiger partial charge in [-0.25, -0.2) is 0 Å². The highest BCUT2D eigenvalue weighted by Gasteiger charge is 2.36. The summed E-state index contributed by atoms with van der Waals surface area (Å²) in [6, 6.07) is 0. The molecular weight excluding hydrogens is 202 g/mol. The highest BCUT2D eigenvalue weighted by Crippen LogP contribution is 2.32. The van der Waals surface area contributed by atoms with Gasteiger partial charge in [0.05, 0.1) is 11.1 Å². The molecule has 16 heavy (non-hydrogen) atoms. The molecule has 1 aliphatic heterocycles. The Balaban J connectivity index is 2.91. The van der Waals surface area contributed by atoms with E-state index in [0.717, 1.165) is 22.3 Å². The van der Waals surface area contributed by atoms with E-state index >= 15 is 0 Å². The molecule has 0 radical (unpaired) electrons. The molecule has 0 fully saturated rings. The minimum Gasteiger partial charge on any atom is -0.277 e. The van der Waals surface area contributed by atoms with Gasteiger partial charge in [-0.05, 0) is 49.9 Å². The molecule has 3 nitrogen and oxygen atoms in total. The van der Waals surface area contributed by atoms with Crippen LogP contribution >= 0.6 is 0 Å². The first-order valence-electron chi connectivity index (χ1n) is 5.30. The minimum atomic E-state index is -0.177. The molecule has 0 unspecified atom stereocenters. The molecule has 0 N–H and O–H groups in total. The van der Waals surface area contributed by atoms with E-state index in [1.807, 2.05) is 27.7 Å². The lowest BCUT2D eigenvalue weighted by Crippen LogP contribution is -2.24. The lowest BCUT2D eigenvalue weighted by Gasteiger charge is -2.12. The molecule has 1 aromatic rings. The van der Waals surface area contributed by atoms with Crippen LogP contribution in [0.25, 0.3) is 0 Å². The summed E-state index contributed by atoms with van der Waals surface area (Å²) in [6.45, 7) is 7.80. The van der Waals surface area contributed by atoms with Crippen molar-refractivity contribution in [1.29, 1.82) is 0 Å². The lowest BCUT2D eigenvalue weighted by molar-refractivity contribution is 0.0693. The van der Waals surface area contributed by atoms with Crippen molar-refractivity contribution in [3.8, 4) is 0 Å². The van der Waals surface area contributed by atoms with E-state index in [1.54, 1.807) is 0 Å². The van der Waals surface area contributed by atoms with Crippen molar-refractivity contribution < 1.29 is 9.59 Å². The van der Waals surface area contributed by atoms with E-state index in [4.69, 9.17) is 0 Å². The fourth-order valence-electron chi connectivity index (χ4n) is 2.27. The van der Waals surface area contributed by atoms with Crippen molar-refractivity contribution in [1.82, 2.24) is 4.90 Å². The summed E-state index contributed by atoms with van der Waals surface area (Å²) in [5.41, 5.74) is 5.25. The molecule has 2 amide bonds. The first kappa shape index (κ1) is 10.9. The Morgan fingerprint density at radius 3 is 1.31 bits per heavy atom. The van der Waals surface area contributed by atoms with Crippen molar-refractivity contribution in [3.05, 3.63) is 33.4 Å². The fourth-order valence-corrected chi connectivity index (χ4v) is 2.27. The largest absolute Gasteiger partial charge is 0.277 e. The van der Waals surface area contributed by atoms with E-state index in [-0.39, 0.29) is 11.8 Å². The van der Waals surface area contributed by atoms with E-state index in [2.05, 4.69) is 0 Å². The average molecular weight is 217 g/mol. The van der Waals surface area contributed by atoms with Gasteiger partial charge in [-0.1, -0.05) is 0 Å². The summed E-state index contributed by atoms with van der Waals surface area (Å²) in [5, 5.41) is 0. The molecule has 2 rings (SSSR count). The number of hydrogen-bond donors (Lipinski definition) is 0. The maximum absolute atomic E-state index is 11.9. The summed E-state index contributed by atoms with van der Waals surface area (Å²) < 4.78 is 0. The number of hydrogen-bond acceptors (Lipinski definition) is 2. The topological polar surface area (TPSA) is 37.4 Å². The van der Waals surface area contributed by atoms with Gasteiger partial charge in [0.25, 0.3) is 11.8 Å². The molecule has 3 heteroatoms. The van der Waals surface area contributed by atoms with Gasteiger partial charge in [-0.3, -0.25) is 14.5 Å². The third kappa shape index (κ3) is 1.08. The Bertz CT molecular complexity index is 482. The van der Waals surface area contributed by atoms with Gasteiger partial charge >= 0.3 is 0 Å². The predicted molar refractivity (Wildman–Crippen MR) is 61.8 cm³/mol. The van der Waals surface area contributed by atoms with Crippen LogP contribution in [0, 0.1) is 27.7 Å². The van der Waals surface area contributed by atoms with Gasteiger partial charge in [0.1, 0.15) is 0 Å². The first-order valence-corrected chi connectivity index (χ1v) is 5.30. The summed E-state index contributed by atoms with van der Waals surface area (Å²) in [4.78, 5) is 25.1. The van der Waals surface area contributed by atoms with E-state index < -0.39 is 0 Å². The molecule has 1 aliphatic rings. The Hall–Kier alpha value is -1.64. The lowest BCUT2D eigenvalue weighted by atomic mass is 9.90. The summed E-state index contributed by atoms with van der Waals surface area (Å²) in [5.74, 6) is -0.354. The van der Waals surface area contributed by atoms with Crippen LogP contribution in [0.3, 0.4) is 0 Å². The molecular formula is C13H15NO2. The smallest absolute Gasteiger partial charge is 0.261 e. The fraction of sp³-hybridized carbons (Fsp3) is 0.385. The Morgan fingerprint density at radius 2 is 1.00 bits per heavy atom. The second kappa shape index (κ2) is 3.17. The number of benzene rings is 1. The molecule has 0 saturated carbocycles. The monoisotopic (exact) mass is 217 g/mol. The average Bonchev–Trinajstić information content (AvgIpc) is 2.48. The van der Waals surface area contributed by atoms with Crippen LogP contribution in [-0.2, 0) is 0 Å². The number of nitrogens with zero attached hydrogens (tertiary/aromatic N) is 1. The van der Waals surface area contributed by atoms with Gasteiger partial charge in [-0.2, -0.15) is 0 Å². The van der Waals surface area contributed by atoms with E-state index in [9.17, 15) is 9.59 Å². The summed E-state index contributed by atoms with van der Waals surface area (Å²) in [6.07, 6.45) is 0. The van der Waals surface area contributed by atoms with Gasteiger partial charge in [-0.15, -0.1) is 0 Å². The number of fused-ring (bicyclic) bond motifs is 1. The maximum Gasteiger partial charge on any atom is 0.261 e. The Morgan fingerprint density at radius 1 is 0.688 bits per heavy atom. The van der Waals surface area contributed by atoms with Crippen LogP contribution < -0.4 is 0 Å². The van der Waals surface area contributed by atoms with Gasteiger partial charge in [0.15, 0.2) is 0 Å². The van der Waals surface area contributed by atoms with Crippen LogP contribution in [0.5, 0.6) is 0 Å². The number of carbonyl (C=O) groups is 2. The van der Waals surface area contributed by atoms with Crippen LogP contribution in [0.2, 0.25) is 0 Å². The zero-order valence-electron chi connectivity index (χ0n) is 10.3. The highest BCUT2D eigenvalue weighted by molar-refractivity contribution is 6.22. The molecule has 0 spiro atoms. The summed E-state index contributed by atoms with van der Waals surface area (Å²) >= 11 is 0. The number of rotatable bonds is 0. The molecule has 0 saturated heterocycles. The van der Waals surface area contributed by atoms with Crippen molar-refractivity contribution in [3.63, 3.8) is 0 Å². The molecule has 0 atom stereocenters. The maximum atomic E-state index is 11.9. The highest BCUT2D eigenvalue weighted by atomic mass is 16.2. The molecule has 0 bridgehead atoms. The van der Waals surface area contributed by atoms with Gasteiger partial charge in [0.2, 0.25) is 0 Å². The van der Waals surface area contributed by atoms with Crippen molar-refractivity contribution in [2.75, 3.05) is 7.05 Å². The predicted octanol–water partition coefficient (Wildman–Crippen LogP) is 2.15. The van der Waals surface area contributed by atoms with Crippen LogP contribution in [0.15, 0.2) is 0 Å².